The van der Waals surface area contributed by atoms with Crippen molar-refractivity contribution in [2.75, 3.05) is 19.6 Å². The maximum Gasteiger partial charge on any atom is 0.224 e. The van der Waals surface area contributed by atoms with E-state index >= 15 is 0 Å². The number of piperidine rings is 1. The second kappa shape index (κ2) is 4.27. The second-order valence-electron chi connectivity index (χ2n) is 6.78. The Morgan fingerprint density at radius 1 is 1.29 bits per heavy atom. The van der Waals surface area contributed by atoms with Crippen LogP contribution in [0.2, 0.25) is 0 Å². The minimum atomic E-state index is 0.189. The molecule has 2 N–H and O–H groups in total. The van der Waals surface area contributed by atoms with Crippen molar-refractivity contribution in [2.45, 2.75) is 40.5 Å². The molecule has 1 saturated carbocycles. The predicted octanol–water partition coefficient (Wildman–Crippen LogP) is 1.78. The van der Waals surface area contributed by atoms with Crippen molar-refractivity contribution >= 4 is 5.91 Å². The van der Waals surface area contributed by atoms with Gasteiger partial charge >= 0.3 is 0 Å². The lowest BCUT2D eigenvalue weighted by Crippen LogP contribution is -2.41. The third-order valence-electron chi connectivity index (χ3n) is 5.47. The fraction of sp³-hybridized carbons (Fsp3) is 0.929. The molecule has 1 aliphatic heterocycles. The minimum absolute atomic E-state index is 0.189. The molecule has 2 fully saturated rings. The van der Waals surface area contributed by atoms with Crippen molar-refractivity contribution in [3.05, 3.63) is 0 Å². The molecule has 0 aromatic heterocycles. The van der Waals surface area contributed by atoms with Crippen molar-refractivity contribution in [3.8, 4) is 0 Å². The molecule has 1 aliphatic carbocycles. The van der Waals surface area contributed by atoms with Gasteiger partial charge < -0.3 is 10.6 Å². The molecule has 3 heteroatoms. The summed E-state index contributed by atoms with van der Waals surface area (Å²) in [6, 6.07) is 0. The SMILES string of the molecule is CC1(C)C(CNC(=O)C2CCCNC2)C1(C)C. The average Bonchev–Trinajstić information content (AvgIpc) is 2.68. The molecule has 1 saturated heterocycles. The van der Waals surface area contributed by atoms with Crippen molar-refractivity contribution in [3.63, 3.8) is 0 Å². The Balaban J connectivity index is 1.78. The van der Waals surface area contributed by atoms with E-state index in [2.05, 4.69) is 38.3 Å². The van der Waals surface area contributed by atoms with E-state index in [0.29, 0.717) is 16.7 Å². The zero-order valence-electron chi connectivity index (χ0n) is 11.6. The van der Waals surface area contributed by atoms with Crippen LogP contribution >= 0.6 is 0 Å². The number of carbonyl (C=O) groups excluding carboxylic acids is 1. The fourth-order valence-electron chi connectivity index (χ4n) is 3.27. The molecule has 3 nitrogen and oxygen atoms in total. The van der Waals surface area contributed by atoms with E-state index < -0.39 is 0 Å². The van der Waals surface area contributed by atoms with Gasteiger partial charge in [-0.15, -0.1) is 0 Å². The largest absolute Gasteiger partial charge is 0.356 e. The van der Waals surface area contributed by atoms with E-state index in [1.165, 1.54) is 0 Å². The standard InChI is InChI=1S/C14H26N2O/c1-13(2)11(14(13,3)4)9-16-12(17)10-6-5-7-15-8-10/h10-11,15H,5-9H2,1-4H3,(H,16,17). The van der Waals surface area contributed by atoms with Crippen molar-refractivity contribution in [1.82, 2.24) is 10.6 Å². The van der Waals surface area contributed by atoms with E-state index in [1.807, 2.05) is 0 Å². The molecular weight excluding hydrogens is 212 g/mol. The quantitative estimate of drug-likeness (QED) is 0.787. The topological polar surface area (TPSA) is 41.1 Å². The Kier molecular flexibility index (Phi) is 3.23. The van der Waals surface area contributed by atoms with E-state index in [-0.39, 0.29) is 11.8 Å². The summed E-state index contributed by atoms with van der Waals surface area (Å²) >= 11 is 0. The third kappa shape index (κ3) is 2.22. The number of hydrogen-bond donors (Lipinski definition) is 2. The van der Waals surface area contributed by atoms with Crippen molar-refractivity contribution < 1.29 is 4.79 Å². The monoisotopic (exact) mass is 238 g/mol. The average molecular weight is 238 g/mol. The molecule has 17 heavy (non-hydrogen) atoms. The van der Waals surface area contributed by atoms with Crippen LogP contribution in [0.4, 0.5) is 0 Å². The fourth-order valence-corrected chi connectivity index (χ4v) is 3.27. The van der Waals surface area contributed by atoms with Crippen LogP contribution in [0.15, 0.2) is 0 Å². The van der Waals surface area contributed by atoms with Gasteiger partial charge in [-0.05, 0) is 36.1 Å². The number of rotatable bonds is 3. The smallest absolute Gasteiger partial charge is 0.224 e. The van der Waals surface area contributed by atoms with Gasteiger partial charge in [0.25, 0.3) is 0 Å². The molecule has 0 aromatic rings. The third-order valence-corrected chi connectivity index (χ3v) is 5.47. The Labute approximate surface area is 105 Å². The summed E-state index contributed by atoms with van der Waals surface area (Å²) in [6.45, 7) is 11.9. The van der Waals surface area contributed by atoms with Gasteiger partial charge in [0.15, 0.2) is 0 Å². The molecule has 0 radical (unpaired) electrons. The number of nitrogens with one attached hydrogen (secondary N) is 2. The van der Waals surface area contributed by atoms with E-state index in [1.54, 1.807) is 0 Å². The Morgan fingerprint density at radius 2 is 1.94 bits per heavy atom. The predicted molar refractivity (Wildman–Crippen MR) is 69.7 cm³/mol. The Morgan fingerprint density at radius 3 is 2.41 bits per heavy atom. The second-order valence-corrected chi connectivity index (χ2v) is 6.78. The number of hydrogen-bond acceptors (Lipinski definition) is 2. The maximum absolute atomic E-state index is 12.0. The van der Waals surface area contributed by atoms with E-state index in [4.69, 9.17) is 0 Å². The van der Waals surface area contributed by atoms with Crippen LogP contribution in [0.25, 0.3) is 0 Å². The molecule has 2 rings (SSSR count). The first kappa shape index (κ1) is 12.9. The molecular formula is C14H26N2O. The normalized spacial score (nSPS) is 30.9. The summed E-state index contributed by atoms with van der Waals surface area (Å²) < 4.78 is 0. The summed E-state index contributed by atoms with van der Waals surface area (Å²) in [7, 11) is 0. The van der Waals surface area contributed by atoms with Gasteiger partial charge in [0.05, 0.1) is 5.92 Å². The van der Waals surface area contributed by atoms with Gasteiger partial charge in [0.1, 0.15) is 0 Å². The van der Waals surface area contributed by atoms with Gasteiger partial charge in [0.2, 0.25) is 5.91 Å². The van der Waals surface area contributed by atoms with Crippen LogP contribution in [0.1, 0.15) is 40.5 Å². The summed E-state index contributed by atoms with van der Waals surface area (Å²) in [6.07, 6.45) is 2.16. The van der Waals surface area contributed by atoms with Gasteiger partial charge in [-0.3, -0.25) is 4.79 Å². The van der Waals surface area contributed by atoms with Crippen molar-refractivity contribution in [2.24, 2.45) is 22.7 Å². The lowest BCUT2D eigenvalue weighted by atomic mass is 9.99. The van der Waals surface area contributed by atoms with Crippen LogP contribution in [0, 0.1) is 22.7 Å². The van der Waals surface area contributed by atoms with E-state index in [0.717, 1.165) is 32.5 Å². The van der Waals surface area contributed by atoms with Gasteiger partial charge in [-0.1, -0.05) is 27.7 Å². The lowest BCUT2D eigenvalue weighted by molar-refractivity contribution is -0.125. The number of carbonyl (C=O) groups is 1. The first-order valence-electron chi connectivity index (χ1n) is 6.86. The first-order chi connectivity index (χ1) is 7.87. The molecule has 1 unspecified atom stereocenters. The van der Waals surface area contributed by atoms with Gasteiger partial charge in [-0.2, -0.15) is 0 Å². The van der Waals surface area contributed by atoms with Crippen LogP contribution in [-0.4, -0.2) is 25.5 Å². The van der Waals surface area contributed by atoms with Crippen LogP contribution in [-0.2, 0) is 4.79 Å². The number of amides is 1. The van der Waals surface area contributed by atoms with Crippen LogP contribution in [0.3, 0.4) is 0 Å². The summed E-state index contributed by atoms with van der Waals surface area (Å²) in [5.74, 6) is 1.06. The summed E-state index contributed by atoms with van der Waals surface area (Å²) in [5.41, 5.74) is 0.732. The highest BCUT2D eigenvalue weighted by molar-refractivity contribution is 5.79. The highest BCUT2D eigenvalue weighted by Gasteiger charge is 2.64. The molecule has 0 bridgehead atoms. The zero-order chi connectivity index (χ0) is 12.7. The Bertz CT molecular complexity index is 289. The first-order valence-corrected chi connectivity index (χ1v) is 6.86. The highest BCUT2D eigenvalue weighted by Crippen LogP contribution is 2.67. The molecule has 0 aromatic carbocycles. The summed E-state index contributed by atoms with van der Waals surface area (Å²) in [5, 5.41) is 6.44. The zero-order valence-corrected chi connectivity index (χ0v) is 11.6. The molecule has 98 valence electrons. The van der Waals surface area contributed by atoms with Crippen molar-refractivity contribution in [1.29, 1.82) is 0 Å². The summed E-state index contributed by atoms with van der Waals surface area (Å²) in [4.78, 5) is 12.0. The molecule has 0 spiro atoms. The van der Waals surface area contributed by atoms with Gasteiger partial charge in [0, 0.05) is 13.1 Å². The minimum Gasteiger partial charge on any atom is -0.356 e. The molecule has 1 heterocycles. The van der Waals surface area contributed by atoms with Crippen LogP contribution in [0.5, 0.6) is 0 Å². The van der Waals surface area contributed by atoms with Crippen LogP contribution < -0.4 is 10.6 Å². The molecule has 1 amide bonds. The maximum atomic E-state index is 12.0. The molecule has 1 atom stereocenters. The Hall–Kier alpha value is -0.570. The molecule has 2 aliphatic rings. The van der Waals surface area contributed by atoms with Gasteiger partial charge in [-0.25, -0.2) is 0 Å². The lowest BCUT2D eigenvalue weighted by Gasteiger charge is -2.22. The highest BCUT2D eigenvalue weighted by atomic mass is 16.1. The van der Waals surface area contributed by atoms with E-state index in [9.17, 15) is 4.79 Å².